The minimum absolute atomic E-state index is 0.249. The maximum absolute atomic E-state index is 13.7. The van der Waals surface area contributed by atoms with Gasteiger partial charge >= 0.3 is 5.69 Å². The molecule has 116 valence electrons. The van der Waals surface area contributed by atoms with Crippen molar-refractivity contribution in [3.8, 4) is 0 Å². The van der Waals surface area contributed by atoms with E-state index in [0.29, 0.717) is 21.9 Å². The van der Waals surface area contributed by atoms with Crippen LogP contribution in [0.2, 0.25) is 5.02 Å². The SMILES string of the molecule is O=[N+]([O-])c1cc2c(Nc3ccc(Br)cc3Cl)ncnc2cc1F. The normalized spacial score (nSPS) is 10.7. The van der Waals surface area contributed by atoms with Crippen LogP contribution in [0.3, 0.4) is 0 Å². The summed E-state index contributed by atoms with van der Waals surface area (Å²) in [5.74, 6) is -0.656. The van der Waals surface area contributed by atoms with Gasteiger partial charge in [-0.2, -0.15) is 4.39 Å². The summed E-state index contributed by atoms with van der Waals surface area (Å²) >= 11 is 9.43. The number of benzene rings is 2. The molecule has 3 rings (SSSR count). The van der Waals surface area contributed by atoms with Crippen molar-refractivity contribution in [1.82, 2.24) is 9.97 Å². The molecule has 9 heteroatoms. The molecular weight excluding hydrogens is 391 g/mol. The van der Waals surface area contributed by atoms with Gasteiger partial charge in [0.15, 0.2) is 0 Å². The highest BCUT2D eigenvalue weighted by atomic mass is 79.9. The first-order chi connectivity index (χ1) is 11.0. The van der Waals surface area contributed by atoms with Crippen molar-refractivity contribution in [1.29, 1.82) is 0 Å². The third-order valence-corrected chi connectivity index (χ3v) is 3.89. The fraction of sp³-hybridized carbons (Fsp3) is 0. The van der Waals surface area contributed by atoms with E-state index in [-0.39, 0.29) is 5.52 Å². The number of aromatic nitrogens is 2. The number of anilines is 2. The zero-order chi connectivity index (χ0) is 16.6. The predicted octanol–water partition coefficient (Wildman–Crippen LogP) is 4.84. The monoisotopic (exact) mass is 396 g/mol. The van der Waals surface area contributed by atoms with Crippen molar-refractivity contribution in [3.05, 3.63) is 62.1 Å². The minimum Gasteiger partial charge on any atom is -0.338 e. The number of nitrogens with one attached hydrogen (secondary N) is 1. The topological polar surface area (TPSA) is 81.0 Å². The lowest BCUT2D eigenvalue weighted by molar-refractivity contribution is -0.387. The van der Waals surface area contributed by atoms with Crippen LogP contribution in [0.1, 0.15) is 0 Å². The second-order valence-electron chi connectivity index (χ2n) is 4.55. The number of hydrogen-bond donors (Lipinski definition) is 1. The largest absolute Gasteiger partial charge is 0.338 e. The molecule has 0 saturated carbocycles. The molecule has 0 fully saturated rings. The fourth-order valence-electron chi connectivity index (χ4n) is 2.02. The van der Waals surface area contributed by atoms with Crippen molar-refractivity contribution >= 4 is 55.6 Å². The second-order valence-corrected chi connectivity index (χ2v) is 5.87. The summed E-state index contributed by atoms with van der Waals surface area (Å²) in [6.45, 7) is 0. The zero-order valence-corrected chi connectivity index (χ0v) is 13.6. The van der Waals surface area contributed by atoms with Gasteiger partial charge in [0.2, 0.25) is 5.82 Å². The smallest absolute Gasteiger partial charge is 0.305 e. The predicted molar refractivity (Wildman–Crippen MR) is 88.6 cm³/mol. The summed E-state index contributed by atoms with van der Waals surface area (Å²) in [5, 5.41) is 14.6. The highest BCUT2D eigenvalue weighted by Gasteiger charge is 2.18. The zero-order valence-electron chi connectivity index (χ0n) is 11.3. The molecule has 0 radical (unpaired) electrons. The Hall–Kier alpha value is -2.32. The molecular formula is C14H7BrClFN4O2. The lowest BCUT2D eigenvalue weighted by Crippen LogP contribution is -1.99. The molecule has 3 aromatic rings. The maximum atomic E-state index is 13.7. The van der Waals surface area contributed by atoms with Gasteiger partial charge in [0.25, 0.3) is 0 Å². The Kier molecular flexibility index (Phi) is 4.10. The van der Waals surface area contributed by atoms with E-state index >= 15 is 0 Å². The lowest BCUT2D eigenvalue weighted by Gasteiger charge is -2.10. The first-order valence-corrected chi connectivity index (χ1v) is 7.43. The maximum Gasteiger partial charge on any atom is 0.305 e. The molecule has 2 aromatic carbocycles. The Morgan fingerprint density at radius 2 is 2.04 bits per heavy atom. The second kappa shape index (κ2) is 6.05. The van der Waals surface area contributed by atoms with Crippen molar-refractivity contribution in [2.45, 2.75) is 0 Å². The molecule has 1 heterocycles. The molecule has 0 aliphatic carbocycles. The van der Waals surface area contributed by atoms with E-state index in [1.807, 2.05) is 0 Å². The van der Waals surface area contributed by atoms with E-state index in [0.717, 1.165) is 16.6 Å². The molecule has 0 unspecified atom stereocenters. The van der Waals surface area contributed by atoms with Gasteiger partial charge in [-0.1, -0.05) is 27.5 Å². The Morgan fingerprint density at radius 3 is 2.74 bits per heavy atom. The van der Waals surface area contributed by atoms with Crippen molar-refractivity contribution in [2.24, 2.45) is 0 Å². The summed E-state index contributed by atoms with van der Waals surface area (Å²) in [7, 11) is 0. The summed E-state index contributed by atoms with van der Waals surface area (Å²) in [6.07, 6.45) is 1.24. The fourth-order valence-corrected chi connectivity index (χ4v) is 2.74. The Labute approximate surface area is 142 Å². The van der Waals surface area contributed by atoms with Crippen LogP contribution < -0.4 is 5.32 Å². The summed E-state index contributed by atoms with van der Waals surface area (Å²) in [6, 6.07) is 7.29. The lowest BCUT2D eigenvalue weighted by atomic mass is 10.2. The van der Waals surface area contributed by atoms with Crippen LogP contribution in [0.5, 0.6) is 0 Å². The summed E-state index contributed by atoms with van der Waals surface area (Å²) in [4.78, 5) is 18.1. The molecule has 0 saturated heterocycles. The van der Waals surface area contributed by atoms with E-state index in [4.69, 9.17) is 11.6 Å². The molecule has 1 aromatic heterocycles. The van der Waals surface area contributed by atoms with Gasteiger partial charge in [0.05, 0.1) is 26.5 Å². The number of rotatable bonds is 3. The summed E-state index contributed by atoms with van der Waals surface area (Å²) < 4.78 is 14.5. The van der Waals surface area contributed by atoms with Crippen molar-refractivity contribution < 1.29 is 9.31 Å². The van der Waals surface area contributed by atoms with E-state index in [1.165, 1.54) is 6.33 Å². The van der Waals surface area contributed by atoms with E-state index in [1.54, 1.807) is 18.2 Å². The Balaban J connectivity index is 2.13. The van der Waals surface area contributed by atoms with Crippen LogP contribution in [-0.2, 0) is 0 Å². The van der Waals surface area contributed by atoms with Gasteiger partial charge in [0, 0.05) is 16.6 Å². The summed E-state index contributed by atoms with van der Waals surface area (Å²) in [5.41, 5.74) is 0.165. The first-order valence-electron chi connectivity index (χ1n) is 6.26. The average Bonchev–Trinajstić information content (AvgIpc) is 2.49. The van der Waals surface area contributed by atoms with Crippen LogP contribution in [0.15, 0.2) is 41.1 Å². The van der Waals surface area contributed by atoms with Crippen LogP contribution in [0, 0.1) is 15.9 Å². The number of nitro groups is 1. The van der Waals surface area contributed by atoms with Crippen LogP contribution in [0.4, 0.5) is 21.6 Å². The molecule has 0 spiro atoms. The molecule has 23 heavy (non-hydrogen) atoms. The number of nitro benzene ring substituents is 1. The van der Waals surface area contributed by atoms with Crippen LogP contribution >= 0.6 is 27.5 Å². The van der Waals surface area contributed by atoms with Crippen LogP contribution in [0.25, 0.3) is 10.9 Å². The Morgan fingerprint density at radius 1 is 1.26 bits per heavy atom. The van der Waals surface area contributed by atoms with E-state index in [9.17, 15) is 14.5 Å². The van der Waals surface area contributed by atoms with Gasteiger partial charge in [-0.3, -0.25) is 10.1 Å². The number of halogens is 3. The van der Waals surface area contributed by atoms with Crippen molar-refractivity contribution in [3.63, 3.8) is 0 Å². The minimum atomic E-state index is -0.950. The standard InChI is InChI=1S/C14H7BrClFN4O2/c15-7-1-2-11(9(16)3-7)20-14-8-4-13(21(22)23)10(17)5-12(8)18-6-19-14/h1-6H,(H,18,19,20). The van der Waals surface area contributed by atoms with E-state index in [2.05, 4.69) is 31.2 Å². The van der Waals surface area contributed by atoms with Crippen molar-refractivity contribution in [2.75, 3.05) is 5.32 Å². The first kappa shape index (κ1) is 15.6. The molecule has 6 nitrogen and oxygen atoms in total. The molecule has 0 bridgehead atoms. The highest BCUT2D eigenvalue weighted by Crippen LogP contribution is 2.32. The molecule has 1 N–H and O–H groups in total. The highest BCUT2D eigenvalue weighted by molar-refractivity contribution is 9.10. The quantitative estimate of drug-likeness (QED) is 0.505. The average molecular weight is 398 g/mol. The third kappa shape index (κ3) is 3.08. The number of nitrogens with zero attached hydrogens (tertiary/aromatic N) is 3. The molecule has 0 atom stereocenters. The van der Waals surface area contributed by atoms with Crippen LogP contribution in [-0.4, -0.2) is 14.9 Å². The van der Waals surface area contributed by atoms with E-state index < -0.39 is 16.4 Å². The van der Waals surface area contributed by atoms with Gasteiger partial charge in [-0.05, 0) is 18.2 Å². The number of hydrogen-bond acceptors (Lipinski definition) is 5. The van der Waals surface area contributed by atoms with Gasteiger partial charge in [-0.25, -0.2) is 9.97 Å². The molecule has 0 aliphatic heterocycles. The Bertz CT molecular complexity index is 938. The van der Waals surface area contributed by atoms with Gasteiger partial charge in [-0.15, -0.1) is 0 Å². The number of fused-ring (bicyclic) bond motifs is 1. The molecule has 0 amide bonds. The van der Waals surface area contributed by atoms with Gasteiger partial charge < -0.3 is 5.32 Å². The third-order valence-electron chi connectivity index (χ3n) is 3.08. The molecule has 0 aliphatic rings. The van der Waals surface area contributed by atoms with Gasteiger partial charge in [0.1, 0.15) is 12.1 Å².